The van der Waals surface area contributed by atoms with Crippen molar-refractivity contribution in [2.24, 2.45) is 5.84 Å². The lowest BCUT2D eigenvalue weighted by atomic mass is 10.0. The zero-order valence-corrected chi connectivity index (χ0v) is 11.0. The van der Waals surface area contributed by atoms with Gasteiger partial charge in [-0.2, -0.15) is 0 Å². The first kappa shape index (κ1) is 13.5. The lowest BCUT2D eigenvalue weighted by Crippen LogP contribution is -2.29. The SMILES string of the molecule is CCOc1ccc(C(Cc2cccnc2)NN)cc1. The van der Waals surface area contributed by atoms with E-state index < -0.39 is 0 Å². The van der Waals surface area contributed by atoms with Crippen molar-refractivity contribution in [2.75, 3.05) is 6.61 Å². The second kappa shape index (κ2) is 6.87. The van der Waals surface area contributed by atoms with Crippen LogP contribution in [-0.4, -0.2) is 11.6 Å². The Morgan fingerprint density at radius 3 is 2.63 bits per heavy atom. The van der Waals surface area contributed by atoms with Gasteiger partial charge in [0.25, 0.3) is 0 Å². The fraction of sp³-hybridized carbons (Fsp3) is 0.267. The number of hydrazine groups is 1. The van der Waals surface area contributed by atoms with E-state index in [0.717, 1.165) is 23.3 Å². The van der Waals surface area contributed by atoms with Crippen LogP contribution in [0.25, 0.3) is 0 Å². The molecule has 0 aliphatic rings. The summed E-state index contributed by atoms with van der Waals surface area (Å²) < 4.78 is 5.43. The van der Waals surface area contributed by atoms with Gasteiger partial charge in [-0.15, -0.1) is 0 Å². The second-order valence-electron chi connectivity index (χ2n) is 4.29. The van der Waals surface area contributed by atoms with Crippen LogP contribution in [0.2, 0.25) is 0 Å². The van der Waals surface area contributed by atoms with E-state index in [-0.39, 0.29) is 6.04 Å². The molecule has 4 nitrogen and oxygen atoms in total. The van der Waals surface area contributed by atoms with E-state index in [1.54, 1.807) is 6.20 Å². The Morgan fingerprint density at radius 1 is 1.26 bits per heavy atom. The molecule has 0 amide bonds. The smallest absolute Gasteiger partial charge is 0.119 e. The molecule has 1 aromatic heterocycles. The highest BCUT2D eigenvalue weighted by atomic mass is 16.5. The van der Waals surface area contributed by atoms with Crippen LogP contribution in [0.4, 0.5) is 0 Å². The monoisotopic (exact) mass is 257 g/mol. The predicted molar refractivity (Wildman–Crippen MR) is 75.6 cm³/mol. The van der Waals surface area contributed by atoms with Gasteiger partial charge in [0.2, 0.25) is 0 Å². The van der Waals surface area contributed by atoms with Gasteiger partial charge in [0.1, 0.15) is 5.75 Å². The van der Waals surface area contributed by atoms with Crippen molar-refractivity contribution in [1.82, 2.24) is 10.4 Å². The van der Waals surface area contributed by atoms with Crippen molar-refractivity contribution in [3.05, 3.63) is 59.9 Å². The third-order valence-corrected chi connectivity index (χ3v) is 2.96. The maximum Gasteiger partial charge on any atom is 0.119 e. The summed E-state index contributed by atoms with van der Waals surface area (Å²) >= 11 is 0. The quantitative estimate of drug-likeness (QED) is 0.615. The molecule has 1 atom stereocenters. The topological polar surface area (TPSA) is 60.2 Å². The molecule has 0 aliphatic heterocycles. The molecule has 0 aliphatic carbocycles. The summed E-state index contributed by atoms with van der Waals surface area (Å²) in [7, 11) is 0. The Hall–Kier alpha value is -1.91. The number of rotatable bonds is 6. The Kier molecular flexibility index (Phi) is 4.89. The molecule has 2 aromatic rings. The minimum atomic E-state index is 0.0693. The van der Waals surface area contributed by atoms with Crippen LogP contribution < -0.4 is 16.0 Å². The van der Waals surface area contributed by atoms with Crippen LogP contribution >= 0.6 is 0 Å². The van der Waals surface area contributed by atoms with E-state index in [2.05, 4.69) is 10.4 Å². The number of ether oxygens (including phenoxy) is 1. The van der Waals surface area contributed by atoms with E-state index in [9.17, 15) is 0 Å². The summed E-state index contributed by atoms with van der Waals surface area (Å²) in [5, 5.41) is 0. The summed E-state index contributed by atoms with van der Waals surface area (Å²) in [6, 6.07) is 12.0. The van der Waals surface area contributed by atoms with Crippen LogP contribution in [0.5, 0.6) is 5.75 Å². The number of nitrogens with one attached hydrogen (secondary N) is 1. The number of aromatic nitrogens is 1. The van der Waals surface area contributed by atoms with Gasteiger partial charge in [-0.05, 0) is 42.7 Å². The molecule has 0 fully saturated rings. The fourth-order valence-electron chi connectivity index (χ4n) is 1.99. The molecule has 3 N–H and O–H groups in total. The third-order valence-electron chi connectivity index (χ3n) is 2.96. The first-order valence-corrected chi connectivity index (χ1v) is 6.41. The Morgan fingerprint density at radius 2 is 2.05 bits per heavy atom. The van der Waals surface area contributed by atoms with Crippen molar-refractivity contribution in [2.45, 2.75) is 19.4 Å². The van der Waals surface area contributed by atoms with Crippen molar-refractivity contribution in [1.29, 1.82) is 0 Å². The number of hydrogen-bond donors (Lipinski definition) is 2. The molecule has 0 spiro atoms. The normalized spacial score (nSPS) is 12.1. The number of benzene rings is 1. The van der Waals surface area contributed by atoms with Gasteiger partial charge in [-0.3, -0.25) is 16.3 Å². The number of hydrogen-bond acceptors (Lipinski definition) is 4. The number of nitrogens with zero attached hydrogens (tertiary/aromatic N) is 1. The first-order chi connectivity index (χ1) is 9.33. The summed E-state index contributed by atoms with van der Waals surface area (Å²) in [5.41, 5.74) is 5.14. The van der Waals surface area contributed by atoms with Crippen LogP contribution in [-0.2, 0) is 6.42 Å². The standard InChI is InChI=1S/C15H19N3O/c1-2-19-14-7-5-13(6-8-14)15(18-16)10-12-4-3-9-17-11-12/h3-9,11,15,18H,2,10,16H2,1H3. The van der Waals surface area contributed by atoms with E-state index in [1.165, 1.54) is 0 Å². The maximum atomic E-state index is 5.65. The molecule has 0 saturated carbocycles. The fourth-order valence-corrected chi connectivity index (χ4v) is 1.99. The molecule has 2 rings (SSSR count). The van der Waals surface area contributed by atoms with Crippen LogP contribution in [0, 0.1) is 0 Å². The summed E-state index contributed by atoms with van der Waals surface area (Å²) in [6.45, 7) is 2.65. The largest absolute Gasteiger partial charge is 0.494 e. The molecule has 100 valence electrons. The van der Waals surface area contributed by atoms with E-state index >= 15 is 0 Å². The summed E-state index contributed by atoms with van der Waals surface area (Å²) in [4.78, 5) is 4.12. The average Bonchev–Trinajstić information content (AvgIpc) is 2.47. The number of nitrogens with two attached hydrogens (primary N) is 1. The highest BCUT2D eigenvalue weighted by molar-refractivity contribution is 5.30. The highest BCUT2D eigenvalue weighted by Gasteiger charge is 2.10. The van der Waals surface area contributed by atoms with Gasteiger partial charge in [-0.25, -0.2) is 0 Å². The third kappa shape index (κ3) is 3.77. The van der Waals surface area contributed by atoms with E-state index in [4.69, 9.17) is 10.6 Å². The molecule has 1 unspecified atom stereocenters. The van der Waals surface area contributed by atoms with Crippen LogP contribution in [0.15, 0.2) is 48.8 Å². The molecule has 1 heterocycles. The van der Waals surface area contributed by atoms with Crippen LogP contribution in [0.1, 0.15) is 24.1 Å². The van der Waals surface area contributed by atoms with Gasteiger partial charge in [-0.1, -0.05) is 18.2 Å². The molecule has 0 radical (unpaired) electrons. The van der Waals surface area contributed by atoms with E-state index in [1.807, 2.05) is 49.5 Å². The van der Waals surface area contributed by atoms with Crippen molar-refractivity contribution in [3.8, 4) is 5.75 Å². The molecule has 19 heavy (non-hydrogen) atoms. The molecule has 1 aromatic carbocycles. The lowest BCUT2D eigenvalue weighted by Gasteiger charge is -2.16. The minimum absolute atomic E-state index is 0.0693. The first-order valence-electron chi connectivity index (χ1n) is 6.41. The number of pyridine rings is 1. The van der Waals surface area contributed by atoms with Gasteiger partial charge in [0.05, 0.1) is 12.6 Å². The molecule has 0 saturated heterocycles. The second-order valence-corrected chi connectivity index (χ2v) is 4.29. The zero-order chi connectivity index (χ0) is 13.5. The highest BCUT2D eigenvalue weighted by Crippen LogP contribution is 2.20. The molecular weight excluding hydrogens is 238 g/mol. The average molecular weight is 257 g/mol. The van der Waals surface area contributed by atoms with Gasteiger partial charge in [0, 0.05) is 12.4 Å². The molecule has 4 heteroatoms. The van der Waals surface area contributed by atoms with Crippen LogP contribution in [0.3, 0.4) is 0 Å². The Bertz CT molecular complexity index is 485. The predicted octanol–water partition coefficient (Wildman–Crippen LogP) is 2.23. The van der Waals surface area contributed by atoms with Crippen molar-refractivity contribution >= 4 is 0 Å². The molecule has 0 bridgehead atoms. The van der Waals surface area contributed by atoms with Crippen molar-refractivity contribution in [3.63, 3.8) is 0 Å². The maximum absolute atomic E-state index is 5.65. The van der Waals surface area contributed by atoms with Gasteiger partial charge >= 0.3 is 0 Å². The Labute approximate surface area is 113 Å². The van der Waals surface area contributed by atoms with E-state index in [0.29, 0.717) is 6.61 Å². The zero-order valence-electron chi connectivity index (χ0n) is 11.0. The van der Waals surface area contributed by atoms with Gasteiger partial charge in [0.15, 0.2) is 0 Å². The van der Waals surface area contributed by atoms with Gasteiger partial charge < -0.3 is 4.74 Å². The lowest BCUT2D eigenvalue weighted by molar-refractivity contribution is 0.340. The summed E-state index contributed by atoms with van der Waals surface area (Å²) in [5.74, 6) is 6.53. The molecular formula is C15H19N3O. The summed E-state index contributed by atoms with van der Waals surface area (Å²) in [6.07, 6.45) is 4.43. The Balaban J connectivity index is 2.08. The van der Waals surface area contributed by atoms with Crippen molar-refractivity contribution < 1.29 is 4.74 Å². The minimum Gasteiger partial charge on any atom is -0.494 e.